The van der Waals surface area contributed by atoms with Gasteiger partial charge >= 0.3 is 0 Å². The topological polar surface area (TPSA) is 148 Å². The number of hydrogen-bond acceptors (Lipinski definition) is 6. The number of nitrogen functional groups attached to an aromatic ring is 1. The molecule has 28 heavy (non-hydrogen) atoms. The van der Waals surface area contributed by atoms with E-state index in [4.69, 9.17) is 23.1 Å². The van der Waals surface area contributed by atoms with Crippen molar-refractivity contribution in [3.05, 3.63) is 35.4 Å². The number of anilines is 1. The van der Waals surface area contributed by atoms with Crippen LogP contribution in [0.3, 0.4) is 0 Å². The van der Waals surface area contributed by atoms with E-state index in [9.17, 15) is 13.2 Å². The Kier molecular flexibility index (Phi) is 4.48. The molecule has 1 saturated heterocycles. The fraction of sp³-hybridized carbons (Fsp3) is 0.235. The van der Waals surface area contributed by atoms with Crippen LogP contribution in [0.5, 0.6) is 0 Å². The molecule has 0 unspecified atom stereocenters. The zero-order valence-electron chi connectivity index (χ0n) is 14.6. The van der Waals surface area contributed by atoms with Crippen molar-refractivity contribution in [1.82, 2.24) is 19.5 Å². The lowest BCUT2D eigenvalue weighted by Crippen LogP contribution is -2.43. The van der Waals surface area contributed by atoms with E-state index in [0.29, 0.717) is 35.1 Å². The standard InChI is InChI=1S/C17H17ClN6O3S/c18-11-8-9(28(26,27)24-7-1-2-14(24)17(20)25)3-4-10(11)12-5-6-13-15(21-12)16(19)23-22-13/h3-6,8,14H,1-2,7H2,(H2,20,25)(H3,19,22,23)/t14-/m1/s1. The summed E-state index contributed by atoms with van der Waals surface area (Å²) in [5, 5.41) is 6.87. The number of rotatable bonds is 4. The van der Waals surface area contributed by atoms with Gasteiger partial charge in [0.1, 0.15) is 11.6 Å². The van der Waals surface area contributed by atoms with Gasteiger partial charge in [-0.3, -0.25) is 9.89 Å². The molecule has 0 saturated carbocycles. The lowest BCUT2D eigenvalue weighted by atomic mass is 10.1. The highest BCUT2D eigenvalue weighted by Gasteiger charge is 2.38. The van der Waals surface area contributed by atoms with Crippen molar-refractivity contribution in [2.75, 3.05) is 12.3 Å². The van der Waals surface area contributed by atoms with Crippen LogP contribution in [0.2, 0.25) is 5.02 Å². The Morgan fingerprint density at radius 1 is 1.29 bits per heavy atom. The van der Waals surface area contributed by atoms with E-state index in [1.54, 1.807) is 18.2 Å². The molecular formula is C17H17ClN6O3S. The molecule has 3 heterocycles. The maximum Gasteiger partial charge on any atom is 0.243 e. The average molecular weight is 421 g/mol. The fourth-order valence-electron chi connectivity index (χ4n) is 3.38. The quantitative estimate of drug-likeness (QED) is 0.582. The summed E-state index contributed by atoms with van der Waals surface area (Å²) in [5.41, 5.74) is 13.4. The summed E-state index contributed by atoms with van der Waals surface area (Å²) in [6.45, 7) is 0.243. The second-order valence-corrected chi connectivity index (χ2v) is 8.82. The minimum absolute atomic E-state index is 0.00157. The summed E-state index contributed by atoms with van der Waals surface area (Å²) in [6.07, 6.45) is 0.991. The molecule has 0 spiro atoms. The highest BCUT2D eigenvalue weighted by atomic mass is 35.5. The van der Waals surface area contributed by atoms with Crippen molar-refractivity contribution in [2.45, 2.75) is 23.8 Å². The van der Waals surface area contributed by atoms with E-state index in [0.717, 1.165) is 4.31 Å². The molecule has 4 rings (SSSR count). The number of nitrogens with zero attached hydrogens (tertiary/aromatic N) is 3. The molecule has 1 fully saturated rings. The highest BCUT2D eigenvalue weighted by Crippen LogP contribution is 2.33. The maximum absolute atomic E-state index is 12.9. The molecule has 1 atom stereocenters. The molecule has 0 aliphatic carbocycles. The molecule has 0 radical (unpaired) electrons. The third-order valence-corrected chi connectivity index (χ3v) is 7.01. The number of nitrogens with two attached hydrogens (primary N) is 2. The third kappa shape index (κ3) is 2.99. The van der Waals surface area contributed by atoms with E-state index in [2.05, 4.69) is 15.2 Å². The Morgan fingerprint density at radius 2 is 2.07 bits per heavy atom. The van der Waals surface area contributed by atoms with Gasteiger partial charge in [0.2, 0.25) is 15.9 Å². The summed E-state index contributed by atoms with van der Waals surface area (Å²) in [7, 11) is -3.89. The number of pyridine rings is 1. The molecule has 9 nitrogen and oxygen atoms in total. The first-order valence-corrected chi connectivity index (χ1v) is 10.3. The second kappa shape index (κ2) is 6.73. The van der Waals surface area contributed by atoms with Crippen LogP contribution in [0.4, 0.5) is 5.82 Å². The first-order valence-electron chi connectivity index (χ1n) is 8.50. The van der Waals surface area contributed by atoms with Crippen molar-refractivity contribution in [2.24, 2.45) is 5.73 Å². The number of nitrogens with one attached hydrogen (secondary N) is 1. The smallest absolute Gasteiger partial charge is 0.243 e. The van der Waals surface area contributed by atoms with E-state index in [-0.39, 0.29) is 22.3 Å². The first kappa shape index (κ1) is 18.7. The van der Waals surface area contributed by atoms with Gasteiger partial charge in [0.05, 0.1) is 21.1 Å². The molecule has 0 bridgehead atoms. The molecular weight excluding hydrogens is 404 g/mol. The lowest BCUT2D eigenvalue weighted by Gasteiger charge is -2.22. The Morgan fingerprint density at radius 3 is 2.79 bits per heavy atom. The SMILES string of the molecule is NC(=O)[C@H]1CCCN1S(=O)(=O)c1ccc(-c2ccc3[nH]nc(N)c3n2)c(Cl)c1. The molecule has 2 aromatic heterocycles. The van der Waals surface area contributed by atoms with E-state index >= 15 is 0 Å². The van der Waals surface area contributed by atoms with Crippen molar-refractivity contribution < 1.29 is 13.2 Å². The van der Waals surface area contributed by atoms with E-state index < -0.39 is 22.0 Å². The number of primary amides is 1. The van der Waals surface area contributed by atoms with Gasteiger partial charge in [-0.1, -0.05) is 11.6 Å². The van der Waals surface area contributed by atoms with Gasteiger partial charge in [0.15, 0.2) is 5.82 Å². The molecule has 1 aliphatic rings. The number of carbonyl (C=O) groups excluding carboxylic acids is 1. The number of aromatic amines is 1. The molecule has 146 valence electrons. The van der Waals surface area contributed by atoms with Gasteiger partial charge in [0, 0.05) is 12.1 Å². The van der Waals surface area contributed by atoms with Gasteiger partial charge in [0.25, 0.3) is 0 Å². The highest BCUT2D eigenvalue weighted by molar-refractivity contribution is 7.89. The summed E-state index contributed by atoms with van der Waals surface area (Å²) in [6, 6.07) is 7.04. The monoisotopic (exact) mass is 420 g/mol. The average Bonchev–Trinajstić information content (AvgIpc) is 3.29. The molecule has 1 aliphatic heterocycles. The number of H-pyrrole nitrogens is 1. The zero-order chi connectivity index (χ0) is 20.1. The summed E-state index contributed by atoms with van der Waals surface area (Å²) in [5.74, 6) is -0.391. The van der Waals surface area contributed by atoms with Gasteiger partial charge in [-0.15, -0.1) is 0 Å². The molecule has 11 heteroatoms. The lowest BCUT2D eigenvalue weighted by molar-refractivity contribution is -0.121. The predicted octanol–water partition coefficient (Wildman–Crippen LogP) is 1.50. The first-order chi connectivity index (χ1) is 13.3. The number of amides is 1. The van der Waals surface area contributed by atoms with Crippen LogP contribution in [0.25, 0.3) is 22.3 Å². The maximum atomic E-state index is 12.9. The van der Waals surface area contributed by atoms with Gasteiger partial charge in [-0.2, -0.15) is 9.40 Å². The molecule has 3 aromatic rings. The zero-order valence-corrected chi connectivity index (χ0v) is 16.2. The Balaban J connectivity index is 1.73. The number of halogens is 1. The third-order valence-electron chi connectivity index (χ3n) is 4.79. The van der Waals surface area contributed by atoms with Crippen LogP contribution in [0, 0.1) is 0 Å². The number of fused-ring (bicyclic) bond motifs is 1. The predicted molar refractivity (Wildman–Crippen MR) is 105 cm³/mol. The van der Waals surface area contributed by atoms with Crippen LogP contribution in [0.1, 0.15) is 12.8 Å². The second-order valence-electron chi connectivity index (χ2n) is 6.52. The van der Waals surface area contributed by atoms with Crippen molar-refractivity contribution >= 4 is 44.4 Å². The van der Waals surface area contributed by atoms with Crippen LogP contribution in [-0.4, -0.2) is 46.4 Å². The van der Waals surface area contributed by atoms with Crippen LogP contribution >= 0.6 is 11.6 Å². The Bertz CT molecular complexity index is 1190. The number of aromatic nitrogens is 3. The Hall–Kier alpha value is -2.69. The van der Waals surface area contributed by atoms with Crippen molar-refractivity contribution in [3.63, 3.8) is 0 Å². The van der Waals surface area contributed by atoms with Crippen LogP contribution < -0.4 is 11.5 Å². The van der Waals surface area contributed by atoms with Crippen LogP contribution in [0.15, 0.2) is 35.2 Å². The summed E-state index contributed by atoms with van der Waals surface area (Å²) >= 11 is 6.37. The fourth-order valence-corrected chi connectivity index (χ4v) is 5.41. The van der Waals surface area contributed by atoms with Gasteiger partial charge < -0.3 is 11.5 Å². The van der Waals surface area contributed by atoms with Crippen LogP contribution in [-0.2, 0) is 14.8 Å². The number of sulfonamides is 1. The Labute approximate surface area is 165 Å². The number of hydrogen-bond donors (Lipinski definition) is 3. The molecule has 5 N–H and O–H groups in total. The number of benzene rings is 1. The van der Waals surface area contributed by atoms with Crippen molar-refractivity contribution in [3.8, 4) is 11.3 Å². The normalized spacial score (nSPS) is 18.0. The van der Waals surface area contributed by atoms with E-state index in [1.807, 2.05) is 0 Å². The molecule has 1 aromatic carbocycles. The number of carbonyl (C=O) groups is 1. The minimum atomic E-state index is -3.89. The minimum Gasteiger partial charge on any atom is -0.380 e. The summed E-state index contributed by atoms with van der Waals surface area (Å²) < 4.78 is 27.0. The molecule has 1 amide bonds. The van der Waals surface area contributed by atoms with Gasteiger partial charge in [-0.05, 0) is 43.2 Å². The van der Waals surface area contributed by atoms with E-state index in [1.165, 1.54) is 12.1 Å². The largest absolute Gasteiger partial charge is 0.380 e. The van der Waals surface area contributed by atoms with Crippen molar-refractivity contribution in [1.29, 1.82) is 0 Å². The summed E-state index contributed by atoms with van der Waals surface area (Å²) in [4.78, 5) is 16.0. The van der Waals surface area contributed by atoms with Gasteiger partial charge in [-0.25, -0.2) is 13.4 Å².